The highest BCUT2D eigenvalue weighted by Gasteiger charge is 2.34. The van der Waals surface area contributed by atoms with Crippen LogP contribution in [0.4, 0.5) is 4.79 Å². The maximum Gasteiger partial charge on any atom is 0.317 e. The van der Waals surface area contributed by atoms with Crippen molar-refractivity contribution >= 4 is 12.0 Å². The third kappa shape index (κ3) is 5.94. The van der Waals surface area contributed by atoms with Gasteiger partial charge in [-0.25, -0.2) is 4.79 Å². The molecule has 3 N–H and O–H groups in total. The van der Waals surface area contributed by atoms with Gasteiger partial charge in [0, 0.05) is 25.2 Å². The van der Waals surface area contributed by atoms with Crippen LogP contribution in [0.1, 0.15) is 39.5 Å². The van der Waals surface area contributed by atoms with Gasteiger partial charge in [0.1, 0.15) is 0 Å². The van der Waals surface area contributed by atoms with Gasteiger partial charge in [-0.1, -0.05) is 13.8 Å². The van der Waals surface area contributed by atoms with Crippen LogP contribution in [0.25, 0.3) is 0 Å². The summed E-state index contributed by atoms with van der Waals surface area (Å²) in [6, 6.07) is 0.324. The quantitative estimate of drug-likeness (QED) is 0.582. The van der Waals surface area contributed by atoms with E-state index in [9.17, 15) is 9.59 Å². The van der Waals surface area contributed by atoms with E-state index < -0.39 is 5.97 Å². The average molecular weight is 340 g/mol. The van der Waals surface area contributed by atoms with Gasteiger partial charge in [-0.15, -0.1) is 0 Å². The van der Waals surface area contributed by atoms with E-state index in [0.717, 1.165) is 25.9 Å². The predicted octanol–water partition coefficient (Wildman–Crippen LogP) is 0.955. The smallest absolute Gasteiger partial charge is 0.317 e. The summed E-state index contributed by atoms with van der Waals surface area (Å²) in [5, 5.41) is 14.8. The zero-order valence-electron chi connectivity index (χ0n) is 15.0. The van der Waals surface area contributed by atoms with Crippen molar-refractivity contribution in [2.45, 2.75) is 51.6 Å². The van der Waals surface area contributed by atoms with E-state index in [1.54, 1.807) is 0 Å². The summed E-state index contributed by atoms with van der Waals surface area (Å²) < 4.78 is 0. The monoisotopic (exact) mass is 340 g/mol. The largest absolute Gasteiger partial charge is 0.480 e. The van der Waals surface area contributed by atoms with Crippen LogP contribution < -0.4 is 10.6 Å². The van der Waals surface area contributed by atoms with Crippen LogP contribution in [0.2, 0.25) is 0 Å². The Bertz CT molecular complexity index is 420. The highest BCUT2D eigenvalue weighted by atomic mass is 16.4. The Kier molecular flexibility index (Phi) is 7.30. The summed E-state index contributed by atoms with van der Waals surface area (Å²) in [4.78, 5) is 27.2. The Morgan fingerprint density at radius 1 is 1.29 bits per heavy atom. The molecule has 2 fully saturated rings. The fourth-order valence-corrected chi connectivity index (χ4v) is 3.65. The van der Waals surface area contributed by atoms with E-state index in [1.807, 2.05) is 11.8 Å². The molecule has 2 amide bonds. The van der Waals surface area contributed by atoms with Crippen LogP contribution in [-0.4, -0.2) is 78.3 Å². The van der Waals surface area contributed by atoms with E-state index in [4.69, 9.17) is 5.11 Å². The van der Waals surface area contributed by atoms with E-state index >= 15 is 0 Å². The summed E-state index contributed by atoms with van der Waals surface area (Å²) >= 11 is 0. The molecule has 138 valence electrons. The lowest BCUT2D eigenvalue weighted by Crippen LogP contribution is -2.56. The van der Waals surface area contributed by atoms with Gasteiger partial charge in [0.15, 0.2) is 0 Å². The third-order valence-corrected chi connectivity index (χ3v) is 5.09. The lowest BCUT2D eigenvalue weighted by molar-refractivity contribution is -0.139. The molecule has 0 radical (unpaired) electrons. The molecule has 1 saturated heterocycles. The van der Waals surface area contributed by atoms with Gasteiger partial charge in [-0.3, -0.25) is 9.69 Å². The second-order valence-electron chi connectivity index (χ2n) is 7.25. The van der Waals surface area contributed by atoms with Crippen molar-refractivity contribution in [3.63, 3.8) is 0 Å². The fraction of sp³-hybridized carbons (Fsp3) is 0.882. The zero-order chi connectivity index (χ0) is 17.5. The maximum atomic E-state index is 12.0. The number of carboxylic acid groups (broad SMARTS) is 1. The first-order valence-electron chi connectivity index (χ1n) is 9.20. The Hall–Kier alpha value is -1.34. The van der Waals surface area contributed by atoms with Crippen LogP contribution in [0.5, 0.6) is 0 Å². The number of rotatable bonds is 9. The molecule has 0 spiro atoms. The lowest BCUT2D eigenvalue weighted by atomic mass is 9.85. The first-order chi connectivity index (χ1) is 11.5. The number of carboxylic acids is 1. The van der Waals surface area contributed by atoms with Gasteiger partial charge in [0.05, 0.1) is 6.54 Å². The molecule has 0 aromatic rings. The van der Waals surface area contributed by atoms with E-state index in [2.05, 4.69) is 22.5 Å². The molecule has 1 aliphatic carbocycles. The molecule has 2 aliphatic rings. The number of urea groups is 1. The number of carbonyl (C=O) groups is 2. The summed E-state index contributed by atoms with van der Waals surface area (Å²) in [5.74, 6) is -0.341. The number of carbonyl (C=O) groups excluding carboxylic acids is 1. The van der Waals surface area contributed by atoms with E-state index in [-0.39, 0.29) is 24.7 Å². The summed E-state index contributed by atoms with van der Waals surface area (Å²) in [6.45, 7) is 9.05. The number of likely N-dealkylation sites (tertiary alicyclic amines) is 1. The summed E-state index contributed by atoms with van der Waals surface area (Å²) in [7, 11) is 0. The van der Waals surface area contributed by atoms with Crippen molar-refractivity contribution in [1.29, 1.82) is 0 Å². The minimum atomic E-state index is -0.794. The fourth-order valence-electron chi connectivity index (χ4n) is 3.65. The molecule has 0 bridgehead atoms. The van der Waals surface area contributed by atoms with Crippen molar-refractivity contribution in [2.75, 3.05) is 39.3 Å². The maximum absolute atomic E-state index is 12.0. The Balaban J connectivity index is 1.57. The lowest BCUT2D eigenvalue weighted by Gasteiger charge is -2.42. The van der Waals surface area contributed by atoms with E-state index in [0.29, 0.717) is 12.5 Å². The normalized spacial score (nSPS) is 25.3. The molecule has 7 nitrogen and oxygen atoms in total. The highest BCUT2D eigenvalue weighted by molar-refractivity contribution is 5.74. The second-order valence-corrected chi connectivity index (χ2v) is 7.25. The van der Waals surface area contributed by atoms with Crippen LogP contribution >= 0.6 is 0 Å². The molecule has 1 atom stereocenters. The first kappa shape index (κ1) is 19.0. The van der Waals surface area contributed by atoms with Crippen molar-refractivity contribution in [3.05, 3.63) is 0 Å². The third-order valence-electron chi connectivity index (χ3n) is 5.09. The Morgan fingerprint density at radius 2 is 1.96 bits per heavy atom. The van der Waals surface area contributed by atoms with Gasteiger partial charge in [-0.05, 0) is 51.2 Å². The number of nitrogens with zero attached hydrogens (tertiary/aromatic N) is 2. The average Bonchev–Trinajstić information content (AvgIpc) is 2.99. The molecule has 1 unspecified atom stereocenters. The summed E-state index contributed by atoms with van der Waals surface area (Å²) in [5.41, 5.74) is 0. The van der Waals surface area contributed by atoms with Gasteiger partial charge >= 0.3 is 12.0 Å². The number of nitrogens with one attached hydrogen (secondary N) is 2. The molecule has 24 heavy (non-hydrogen) atoms. The first-order valence-corrected chi connectivity index (χ1v) is 9.20. The van der Waals surface area contributed by atoms with Crippen LogP contribution in [0.3, 0.4) is 0 Å². The van der Waals surface area contributed by atoms with Gasteiger partial charge < -0.3 is 20.6 Å². The van der Waals surface area contributed by atoms with Gasteiger partial charge in [0.25, 0.3) is 0 Å². The second kappa shape index (κ2) is 9.22. The Labute approximate surface area is 144 Å². The van der Waals surface area contributed by atoms with Gasteiger partial charge in [0.2, 0.25) is 0 Å². The number of amides is 2. The highest BCUT2D eigenvalue weighted by Crippen LogP contribution is 2.25. The number of likely N-dealkylation sites (N-methyl/N-ethyl adjacent to an activating group) is 1. The molecular formula is C17H32N4O3. The molecule has 2 rings (SSSR count). The van der Waals surface area contributed by atoms with Crippen LogP contribution in [0, 0.1) is 5.92 Å². The minimum absolute atomic E-state index is 0.0775. The molecule has 1 saturated carbocycles. The van der Waals surface area contributed by atoms with Crippen LogP contribution in [-0.2, 0) is 4.79 Å². The number of hydrogen-bond donors (Lipinski definition) is 3. The van der Waals surface area contributed by atoms with E-state index in [1.165, 1.54) is 25.9 Å². The Morgan fingerprint density at radius 3 is 2.54 bits per heavy atom. The number of hydrogen-bond acceptors (Lipinski definition) is 4. The molecular weight excluding hydrogens is 308 g/mol. The van der Waals surface area contributed by atoms with Crippen molar-refractivity contribution < 1.29 is 14.7 Å². The van der Waals surface area contributed by atoms with Crippen molar-refractivity contribution in [1.82, 2.24) is 20.4 Å². The van der Waals surface area contributed by atoms with Crippen molar-refractivity contribution in [2.24, 2.45) is 5.92 Å². The standard InChI is InChI=1S/C17H32N4O3/c1-3-21(12-16(22)23)15-8-14(9-15)19-17(24)18-10-13(2)11-20-6-4-5-7-20/h13-15H,3-12H2,1-2H3,(H,22,23)(H2,18,19,24). The van der Waals surface area contributed by atoms with Crippen LogP contribution in [0.15, 0.2) is 0 Å². The van der Waals surface area contributed by atoms with Gasteiger partial charge in [-0.2, -0.15) is 0 Å². The zero-order valence-corrected chi connectivity index (χ0v) is 15.0. The SMILES string of the molecule is CCN(CC(=O)O)C1CC(NC(=O)NCC(C)CN2CCCC2)C1. The topological polar surface area (TPSA) is 84.9 Å². The molecule has 1 aliphatic heterocycles. The number of aliphatic carboxylic acids is 1. The molecule has 0 aromatic carbocycles. The predicted molar refractivity (Wildman–Crippen MR) is 93.1 cm³/mol. The summed E-state index contributed by atoms with van der Waals surface area (Å²) in [6.07, 6.45) is 4.25. The molecule has 7 heteroatoms. The molecule has 0 aromatic heterocycles. The minimum Gasteiger partial charge on any atom is -0.480 e. The molecule has 1 heterocycles. The van der Waals surface area contributed by atoms with Crippen molar-refractivity contribution in [3.8, 4) is 0 Å².